The van der Waals surface area contributed by atoms with Crippen LogP contribution in [0.15, 0.2) is 90.9 Å². The van der Waals surface area contributed by atoms with Crippen LogP contribution >= 0.6 is 0 Å². The van der Waals surface area contributed by atoms with E-state index in [-0.39, 0.29) is 51.7 Å². The van der Waals surface area contributed by atoms with Gasteiger partial charge in [0.1, 0.15) is 21.2 Å². The number of fused-ring (bicyclic) bond motifs is 1. The molecule has 0 atom stereocenters. The van der Waals surface area contributed by atoms with E-state index < -0.39 is 57.8 Å². The minimum absolute atomic E-state index is 0. The molecule has 0 unspecified atom stereocenters. The Kier molecular flexibility index (Phi) is 9.24. The van der Waals surface area contributed by atoms with Crippen LogP contribution < -0.4 is 35.3 Å². The fraction of sp³-hybridized carbons (Fsp3) is 0.0435. The Hall–Kier alpha value is -3.84. The first-order valence-electron chi connectivity index (χ1n) is 10.9. The van der Waals surface area contributed by atoms with Crippen LogP contribution in [0.2, 0.25) is 0 Å². The molecule has 4 rings (SSSR count). The van der Waals surface area contributed by atoms with E-state index in [9.17, 15) is 41.2 Å². The van der Waals surface area contributed by atoms with Gasteiger partial charge in [0.05, 0.1) is 27.4 Å². The zero-order chi connectivity index (χ0) is 29.4. The molecule has 18 heteroatoms. The number of azo groups is 2. The van der Waals surface area contributed by atoms with E-state index in [0.717, 1.165) is 29.8 Å². The van der Waals surface area contributed by atoms with Crippen molar-refractivity contribution >= 4 is 65.1 Å². The average Bonchev–Trinajstić information content (AvgIpc) is 2.87. The fourth-order valence-electron chi connectivity index (χ4n) is 3.57. The number of rotatable bonds is 7. The Labute approximate surface area is 254 Å². The molecule has 0 radical (unpaired) electrons. The molecule has 41 heavy (non-hydrogen) atoms. The van der Waals surface area contributed by atoms with Gasteiger partial charge in [-0.2, -0.15) is 27.1 Å². The molecule has 0 spiro atoms. The summed E-state index contributed by atoms with van der Waals surface area (Å²) in [6.45, 7) is 1.83. The van der Waals surface area contributed by atoms with Crippen LogP contribution in [0.5, 0.6) is 5.75 Å². The molecule has 0 bridgehead atoms. The Balaban J connectivity index is 0.00000462. The molecule has 0 heterocycles. The summed E-state index contributed by atoms with van der Waals surface area (Å²) in [7, 11) is -10.1. The van der Waals surface area contributed by atoms with Gasteiger partial charge in [-0.3, -0.25) is 19.2 Å². The van der Waals surface area contributed by atoms with Crippen LogP contribution in [0.25, 0.3) is 10.8 Å². The molecule has 5 N–H and O–H groups in total. The first-order valence-corrected chi connectivity index (χ1v) is 13.8. The largest absolute Gasteiger partial charge is 1.00 e. The third-order valence-electron chi connectivity index (χ3n) is 5.50. The quantitative estimate of drug-likeness (QED) is 0.0595. The zero-order valence-corrected chi connectivity index (χ0v) is 24.8. The summed E-state index contributed by atoms with van der Waals surface area (Å²) in [6.07, 6.45) is 0. The first kappa shape index (κ1) is 31.7. The number of nitro groups is 1. The van der Waals surface area contributed by atoms with Gasteiger partial charge in [0.15, 0.2) is 5.75 Å². The normalized spacial score (nSPS) is 12.2. The second-order valence-electron chi connectivity index (χ2n) is 8.27. The molecule has 4 aromatic carbocycles. The number of phenols is 1. The van der Waals surface area contributed by atoms with Gasteiger partial charge in [-0.1, -0.05) is 17.7 Å². The van der Waals surface area contributed by atoms with E-state index in [1.54, 1.807) is 24.3 Å². The van der Waals surface area contributed by atoms with E-state index in [2.05, 4.69) is 20.5 Å². The maximum atomic E-state index is 12.2. The molecule has 0 aliphatic rings. The maximum Gasteiger partial charge on any atom is 1.00 e. The molecule has 0 aromatic heterocycles. The first-order chi connectivity index (χ1) is 18.7. The molecule has 0 saturated heterocycles. The third kappa shape index (κ3) is 6.91. The van der Waals surface area contributed by atoms with Crippen molar-refractivity contribution in [3.8, 4) is 5.75 Å². The summed E-state index contributed by atoms with van der Waals surface area (Å²) >= 11 is 0. The van der Waals surface area contributed by atoms with Crippen molar-refractivity contribution in [2.75, 3.05) is 5.73 Å². The van der Waals surface area contributed by atoms with Crippen molar-refractivity contribution in [2.24, 2.45) is 20.5 Å². The number of aryl methyl sites for hydroxylation is 1. The second-order valence-corrected chi connectivity index (χ2v) is 11.0. The average molecular weight is 610 g/mol. The number of nitro benzene ring substituents is 1. The van der Waals surface area contributed by atoms with Crippen LogP contribution in [0.3, 0.4) is 0 Å². The predicted octanol–water partition coefficient (Wildman–Crippen LogP) is 2.67. The molecule has 0 aliphatic heterocycles. The molecule has 4 aromatic rings. The van der Waals surface area contributed by atoms with Crippen molar-refractivity contribution in [2.45, 2.75) is 16.7 Å². The van der Waals surface area contributed by atoms with E-state index in [4.69, 9.17) is 5.73 Å². The molecule has 0 aliphatic carbocycles. The van der Waals surface area contributed by atoms with Gasteiger partial charge in [-0.15, -0.1) is 10.2 Å². The summed E-state index contributed by atoms with van der Waals surface area (Å²) in [5.74, 6) is -0.929. The minimum Gasteiger partial charge on any atom is -0.505 e. The molecular weight excluding hydrogens is 591 g/mol. The Morgan fingerprint density at radius 3 is 1.68 bits per heavy atom. The fourth-order valence-corrected chi connectivity index (χ4v) is 4.90. The molecule has 15 nitrogen and oxygen atoms in total. The van der Waals surface area contributed by atoms with Gasteiger partial charge >= 0.3 is 29.6 Å². The number of hydrogen-bond donors (Lipinski definition) is 4. The van der Waals surface area contributed by atoms with E-state index in [1.807, 2.05) is 6.92 Å². The Morgan fingerprint density at radius 1 is 0.780 bits per heavy atom. The van der Waals surface area contributed by atoms with Gasteiger partial charge in [0.2, 0.25) is 0 Å². The number of nitrogens with zero attached hydrogens (tertiary/aromatic N) is 5. The van der Waals surface area contributed by atoms with Crippen molar-refractivity contribution in [1.29, 1.82) is 0 Å². The number of hydrogen-bond acceptors (Lipinski definition) is 12. The SMILES string of the molecule is Cc1ccc(N=Nc2c(S(=O)(=O)O)cc3cc(S(=O)(=O)O)c(N=Nc4ccc([N+](=O)[O-])cc4)c(O)c3c2N)cc1.[Na+]. The summed E-state index contributed by atoms with van der Waals surface area (Å²) < 4.78 is 68.2. The molecular formula is C23H18N6NaO9S2+. The Morgan fingerprint density at radius 2 is 1.22 bits per heavy atom. The van der Waals surface area contributed by atoms with Crippen molar-refractivity contribution in [3.05, 3.63) is 76.3 Å². The van der Waals surface area contributed by atoms with Crippen LogP contribution in [-0.2, 0) is 20.2 Å². The third-order valence-corrected chi connectivity index (χ3v) is 7.23. The smallest absolute Gasteiger partial charge is 0.505 e. The van der Waals surface area contributed by atoms with Crippen LogP contribution in [0.4, 0.5) is 34.1 Å². The van der Waals surface area contributed by atoms with Crippen molar-refractivity contribution in [3.63, 3.8) is 0 Å². The number of nitrogens with two attached hydrogens (primary N) is 1. The summed E-state index contributed by atoms with van der Waals surface area (Å²) in [5.41, 5.74) is 5.27. The number of nitrogen functional groups attached to an aromatic ring is 1. The number of anilines is 1. The van der Waals surface area contributed by atoms with Crippen LogP contribution in [0.1, 0.15) is 5.56 Å². The van der Waals surface area contributed by atoms with Gasteiger partial charge in [0, 0.05) is 12.1 Å². The van der Waals surface area contributed by atoms with Crippen molar-refractivity contribution < 1.29 is 65.5 Å². The van der Waals surface area contributed by atoms with E-state index in [1.165, 1.54) is 12.1 Å². The summed E-state index contributed by atoms with van der Waals surface area (Å²) in [5, 5.41) is 36.4. The maximum absolute atomic E-state index is 12.2. The molecule has 0 amide bonds. The van der Waals surface area contributed by atoms with E-state index >= 15 is 0 Å². The number of phenolic OH excluding ortho intramolecular Hbond substituents is 1. The topological polar surface area (TPSA) is 248 Å². The number of benzene rings is 4. The molecule has 0 saturated carbocycles. The number of non-ortho nitro benzene ring substituents is 1. The van der Waals surface area contributed by atoms with Gasteiger partial charge < -0.3 is 10.8 Å². The van der Waals surface area contributed by atoms with Crippen LogP contribution in [0, 0.1) is 17.0 Å². The molecule has 206 valence electrons. The Bertz CT molecular complexity index is 1950. The second kappa shape index (κ2) is 12.0. The zero-order valence-electron chi connectivity index (χ0n) is 21.2. The van der Waals surface area contributed by atoms with Crippen molar-refractivity contribution in [1.82, 2.24) is 0 Å². The monoisotopic (exact) mass is 609 g/mol. The summed E-state index contributed by atoms with van der Waals surface area (Å²) in [4.78, 5) is 8.37. The van der Waals surface area contributed by atoms with Crippen LogP contribution in [-0.4, -0.2) is 36.0 Å². The van der Waals surface area contributed by atoms with Gasteiger partial charge in [-0.05, 0) is 48.7 Å². The summed E-state index contributed by atoms with van der Waals surface area (Å²) in [6, 6.07) is 12.8. The predicted molar refractivity (Wildman–Crippen MR) is 142 cm³/mol. The number of aromatic hydroxyl groups is 1. The van der Waals surface area contributed by atoms with Gasteiger partial charge in [0.25, 0.3) is 25.9 Å². The van der Waals surface area contributed by atoms with Gasteiger partial charge in [-0.25, -0.2) is 0 Å². The standard InChI is InChI=1S/C23H18N6O9S2.Na/c1-12-2-4-14(5-3-12)25-27-21-17(39(33,34)35)10-13-11-18(40(36,37)38)22(23(30)19(13)20(21)24)28-26-15-6-8-16(9-7-15)29(31)32;/h2-11,30H,24H2,1H3,(H,33,34,35)(H,36,37,38);/q;+1. The molecule has 0 fully saturated rings. The van der Waals surface area contributed by atoms with E-state index in [0.29, 0.717) is 5.69 Å². The minimum atomic E-state index is -5.09.